The van der Waals surface area contributed by atoms with Crippen molar-refractivity contribution < 1.29 is 14.9 Å². The molecule has 2 atom stereocenters. The number of nitrogen functional groups attached to an aromatic ring is 1. The summed E-state index contributed by atoms with van der Waals surface area (Å²) in [6, 6.07) is 4.90. The molecule has 5 heteroatoms. The minimum absolute atomic E-state index is 0.295. The van der Waals surface area contributed by atoms with Crippen molar-refractivity contribution in [1.29, 1.82) is 0 Å². The number of halogens is 1. The number of alkyl halides is 1. The Kier molecular flexibility index (Phi) is 4.86. The Bertz CT molecular complexity index is 346. The number of rotatable bonds is 5. The van der Waals surface area contributed by atoms with E-state index >= 15 is 0 Å². The second-order valence-electron chi connectivity index (χ2n) is 3.49. The fourth-order valence-corrected chi connectivity index (χ4v) is 1.65. The average Bonchev–Trinajstić information content (AvgIpc) is 2.28. The van der Waals surface area contributed by atoms with Gasteiger partial charge >= 0.3 is 0 Å². The van der Waals surface area contributed by atoms with Crippen LogP contribution < -0.4 is 10.5 Å². The lowest BCUT2D eigenvalue weighted by molar-refractivity contribution is 0.0170. The number of benzene rings is 1. The van der Waals surface area contributed by atoms with Crippen LogP contribution in [0.4, 0.5) is 5.69 Å². The monoisotopic (exact) mass is 245 g/mol. The van der Waals surface area contributed by atoms with E-state index in [0.717, 1.165) is 0 Å². The number of ether oxygens (including phenoxy) is 1. The molecule has 0 aliphatic rings. The van der Waals surface area contributed by atoms with Gasteiger partial charge in [-0.3, -0.25) is 0 Å². The van der Waals surface area contributed by atoms with Gasteiger partial charge in [0.1, 0.15) is 11.9 Å². The molecule has 0 radical (unpaired) electrons. The van der Waals surface area contributed by atoms with Crippen LogP contribution in [0.1, 0.15) is 18.1 Å². The van der Waals surface area contributed by atoms with Crippen LogP contribution in [0, 0.1) is 0 Å². The molecule has 0 heterocycles. The van der Waals surface area contributed by atoms with Gasteiger partial charge in [-0.15, -0.1) is 11.6 Å². The predicted octanol–water partition coefficient (Wildman–Crippen LogP) is 1.30. The zero-order chi connectivity index (χ0) is 12.1. The number of aliphatic hydroxyl groups excluding tert-OH is 2. The molecule has 4 N–H and O–H groups in total. The van der Waals surface area contributed by atoms with Gasteiger partial charge in [0.05, 0.1) is 18.9 Å². The fraction of sp³-hybridized carbons (Fsp3) is 0.455. The van der Waals surface area contributed by atoms with E-state index < -0.39 is 12.2 Å². The molecule has 1 rings (SSSR count). The van der Waals surface area contributed by atoms with Crippen molar-refractivity contribution >= 4 is 17.3 Å². The number of aliphatic hydroxyl groups is 2. The maximum absolute atomic E-state index is 9.80. The Hall–Kier alpha value is -0.970. The summed E-state index contributed by atoms with van der Waals surface area (Å²) >= 11 is 5.49. The van der Waals surface area contributed by atoms with E-state index in [1.54, 1.807) is 18.2 Å². The van der Waals surface area contributed by atoms with Crippen molar-refractivity contribution in [3.05, 3.63) is 23.8 Å². The lowest BCUT2D eigenvalue weighted by atomic mass is 10.0. The standard InChI is InChI=1S/C11H16ClNO3/c1-16-10-3-2-7(6-8(10)13)11(15)9(14)4-5-12/h2-3,6,9,11,14-15H,4-5,13H2,1H3. The molecule has 0 spiro atoms. The summed E-state index contributed by atoms with van der Waals surface area (Å²) in [6.45, 7) is 0. The van der Waals surface area contributed by atoms with Gasteiger partial charge in [-0.05, 0) is 24.1 Å². The highest BCUT2D eigenvalue weighted by Gasteiger charge is 2.18. The molecule has 0 saturated heterocycles. The van der Waals surface area contributed by atoms with Crippen molar-refractivity contribution in [2.75, 3.05) is 18.7 Å². The quantitative estimate of drug-likeness (QED) is 0.540. The van der Waals surface area contributed by atoms with Crippen LogP contribution in [0.25, 0.3) is 0 Å². The first kappa shape index (κ1) is 13.1. The third-order valence-corrected chi connectivity index (χ3v) is 2.58. The van der Waals surface area contributed by atoms with Crippen LogP contribution in [0.5, 0.6) is 5.75 Å². The first-order chi connectivity index (χ1) is 7.60. The zero-order valence-electron chi connectivity index (χ0n) is 9.06. The van der Waals surface area contributed by atoms with Crippen LogP contribution in [0.15, 0.2) is 18.2 Å². The molecule has 0 aliphatic heterocycles. The van der Waals surface area contributed by atoms with Gasteiger partial charge in [-0.2, -0.15) is 0 Å². The highest BCUT2D eigenvalue weighted by Crippen LogP contribution is 2.27. The van der Waals surface area contributed by atoms with E-state index in [4.69, 9.17) is 22.1 Å². The molecule has 0 amide bonds. The van der Waals surface area contributed by atoms with Crippen LogP contribution >= 0.6 is 11.6 Å². The molecule has 4 nitrogen and oxygen atoms in total. The van der Waals surface area contributed by atoms with E-state index in [9.17, 15) is 10.2 Å². The largest absolute Gasteiger partial charge is 0.495 e. The first-order valence-corrected chi connectivity index (χ1v) is 5.49. The molecule has 1 aromatic carbocycles. The third kappa shape index (κ3) is 3.01. The molecular weight excluding hydrogens is 230 g/mol. The lowest BCUT2D eigenvalue weighted by Gasteiger charge is -2.18. The number of anilines is 1. The van der Waals surface area contributed by atoms with E-state index in [2.05, 4.69) is 0 Å². The van der Waals surface area contributed by atoms with Crippen LogP contribution in [0.2, 0.25) is 0 Å². The number of hydrogen-bond acceptors (Lipinski definition) is 4. The van der Waals surface area contributed by atoms with E-state index in [1.165, 1.54) is 7.11 Å². The highest BCUT2D eigenvalue weighted by atomic mass is 35.5. The summed E-state index contributed by atoms with van der Waals surface area (Å²) in [7, 11) is 1.52. The van der Waals surface area contributed by atoms with Gasteiger partial charge in [-0.1, -0.05) is 6.07 Å². The summed E-state index contributed by atoms with van der Waals surface area (Å²) in [6.07, 6.45) is -1.54. The molecule has 0 bridgehead atoms. The van der Waals surface area contributed by atoms with Crippen molar-refractivity contribution in [1.82, 2.24) is 0 Å². The van der Waals surface area contributed by atoms with Gasteiger partial charge in [0.15, 0.2) is 0 Å². The summed E-state index contributed by atoms with van der Waals surface area (Å²) in [5, 5.41) is 19.4. The Morgan fingerprint density at radius 2 is 2.12 bits per heavy atom. The molecule has 1 aromatic rings. The van der Waals surface area contributed by atoms with Crippen molar-refractivity contribution in [2.24, 2.45) is 0 Å². The average molecular weight is 246 g/mol. The molecule has 16 heavy (non-hydrogen) atoms. The number of methoxy groups -OCH3 is 1. The molecule has 0 aromatic heterocycles. The van der Waals surface area contributed by atoms with Crippen LogP contribution in [-0.4, -0.2) is 29.3 Å². The van der Waals surface area contributed by atoms with Gasteiger partial charge in [0, 0.05) is 5.88 Å². The highest BCUT2D eigenvalue weighted by molar-refractivity contribution is 6.17. The third-order valence-electron chi connectivity index (χ3n) is 2.36. The summed E-state index contributed by atoms with van der Waals surface area (Å²) in [4.78, 5) is 0. The predicted molar refractivity (Wildman–Crippen MR) is 63.7 cm³/mol. The Morgan fingerprint density at radius 1 is 1.44 bits per heavy atom. The number of hydrogen-bond donors (Lipinski definition) is 3. The second kappa shape index (κ2) is 5.94. The molecule has 0 saturated carbocycles. The van der Waals surface area contributed by atoms with E-state index in [0.29, 0.717) is 29.3 Å². The minimum atomic E-state index is -0.980. The van der Waals surface area contributed by atoms with Gasteiger partial charge in [-0.25, -0.2) is 0 Å². The Labute approximate surface area is 99.6 Å². The molecule has 90 valence electrons. The summed E-state index contributed by atoms with van der Waals surface area (Å²) in [5.74, 6) is 0.840. The molecule has 0 aliphatic carbocycles. The smallest absolute Gasteiger partial charge is 0.141 e. The minimum Gasteiger partial charge on any atom is -0.495 e. The maximum atomic E-state index is 9.80. The number of nitrogens with two attached hydrogens (primary N) is 1. The lowest BCUT2D eigenvalue weighted by Crippen LogP contribution is -2.18. The van der Waals surface area contributed by atoms with Crippen molar-refractivity contribution in [2.45, 2.75) is 18.6 Å². The SMILES string of the molecule is COc1ccc(C(O)C(O)CCCl)cc1N. The molecule has 2 unspecified atom stereocenters. The van der Waals surface area contributed by atoms with Gasteiger partial charge in [0.2, 0.25) is 0 Å². The first-order valence-electron chi connectivity index (χ1n) is 4.95. The summed E-state index contributed by atoms with van der Waals surface area (Å²) < 4.78 is 5.00. The molecular formula is C11H16ClNO3. The van der Waals surface area contributed by atoms with E-state index in [-0.39, 0.29) is 0 Å². The van der Waals surface area contributed by atoms with E-state index in [1.807, 2.05) is 0 Å². The van der Waals surface area contributed by atoms with Crippen molar-refractivity contribution in [3.8, 4) is 5.75 Å². The van der Waals surface area contributed by atoms with Gasteiger partial charge < -0.3 is 20.7 Å². The van der Waals surface area contributed by atoms with Crippen LogP contribution in [-0.2, 0) is 0 Å². The summed E-state index contributed by atoms with van der Waals surface area (Å²) in [5.41, 5.74) is 6.68. The Balaban J connectivity index is 2.84. The van der Waals surface area contributed by atoms with Gasteiger partial charge in [0.25, 0.3) is 0 Å². The zero-order valence-corrected chi connectivity index (χ0v) is 9.81. The van der Waals surface area contributed by atoms with Crippen LogP contribution in [0.3, 0.4) is 0 Å². The normalized spacial score (nSPS) is 14.5. The maximum Gasteiger partial charge on any atom is 0.141 e. The second-order valence-corrected chi connectivity index (χ2v) is 3.87. The topological polar surface area (TPSA) is 75.7 Å². The van der Waals surface area contributed by atoms with Crippen molar-refractivity contribution in [3.63, 3.8) is 0 Å². The fourth-order valence-electron chi connectivity index (χ4n) is 1.43. The Morgan fingerprint density at radius 3 is 2.62 bits per heavy atom. The molecule has 0 fully saturated rings.